The SMILES string of the molecule is N=C(N)c1ccc2cc(C(=O)Nc3cc(F)ccc3F)n(Cc3ccc(C(N)=O)cc3)c2c1. The third-order valence-electron chi connectivity index (χ3n) is 5.20. The summed E-state index contributed by atoms with van der Waals surface area (Å²) in [4.78, 5) is 24.4. The number of primary amides is 1. The van der Waals surface area contributed by atoms with Crippen LogP contribution in [0.15, 0.2) is 66.7 Å². The summed E-state index contributed by atoms with van der Waals surface area (Å²) in [6.45, 7) is 0.221. The van der Waals surface area contributed by atoms with Gasteiger partial charge >= 0.3 is 0 Å². The van der Waals surface area contributed by atoms with Crippen molar-refractivity contribution in [2.45, 2.75) is 6.54 Å². The lowest BCUT2D eigenvalue weighted by Gasteiger charge is -2.13. The van der Waals surface area contributed by atoms with Crippen LogP contribution in [0.3, 0.4) is 0 Å². The molecule has 0 aliphatic heterocycles. The first kappa shape index (κ1) is 21.7. The molecule has 0 unspecified atom stereocenters. The molecule has 0 saturated carbocycles. The van der Waals surface area contributed by atoms with Crippen LogP contribution in [-0.4, -0.2) is 22.2 Å². The van der Waals surface area contributed by atoms with E-state index in [1.165, 1.54) is 0 Å². The smallest absolute Gasteiger partial charge is 0.272 e. The summed E-state index contributed by atoms with van der Waals surface area (Å²) in [7, 11) is 0. The fourth-order valence-corrected chi connectivity index (χ4v) is 3.52. The largest absolute Gasteiger partial charge is 0.384 e. The minimum absolute atomic E-state index is 0.136. The van der Waals surface area contributed by atoms with Gasteiger partial charge in [-0.3, -0.25) is 15.0 Å². The van der Waals surface area contributed by atoms with Gasteiger partial charge < -0.3 is 21.4 Å². The van der Waals surface area contributed by atoms with Crippen LogP contribution in [0.5, 0.6) is 0 Å². The van der Waals surface area contributed by atoms with Gasteiger partial charge in [-0.25, -0.2) is 8.78 Å². The third-order valence-corrected chi connectivity index (χ3v) is 5.20. The highest BCUT2D eigenvalue weighted by molar-refractivity contribution is 6.07. The van der Waals surface area contributed by atoms with Crippen molar-refractivity contribution in [1.29, 1.82) is 5.41 Å². The number of fused-ring (bicyclic) bond motifs is 1. The Bertz CT molecular complexity index is 1410. The number of carbonyl (C=O) groups is 2. The van der Waals surface area contributed by atoms with E-state index in [-0.39, 0.29) is 23.8 Å². The monoisotopic (exact) mass is 447 g/mol. The first-order valence-electron chi connectivity index (χ1n) is 9.86. The molecule has 0 aliphatic rings. The van der Waals surface area contributed by atoms with E-state index in [1.54, 1.807) is 53.1 Å². The number of nitrogens with zero attached hydrogens (tertiary/aromatic N) is 1. The molecule has 2 amide bonds. The van der Waals surface area contributed by atoms with Crippen LogP contribution >= 0.6 is 0 Å². The summed E-state index contributed by atoms with van der Waals surface area (Å²) in [5, 5.41) is 10.8. The van der Waals surface area contributed by atoms with E-state index in [4.69, 9.17) is 16.9 Å². The molecule has 4 aromatic rings. The fraction of sp³-hybridized carbons (Fsp3) is 0.0417. The minimum atomic E-state index is -0.770. The van der Waals surface area contributed by atoms with Crippen molar-refractivity contribution in [2.75, 3.05) is 5.32 Å². The molecule has 33 heavy (non-hydrogen) atoms. The van der Waals surface area contributed by atoms with Gasteiger partial charge in [0.05, 0.1) is 5.69 Å². The molecule has 4 rings (SSSR count). The second kappa shape index (κ2) is 8.54. The Kier molecular flexibility index (Phi) is 5.61. The summed E-state index contributed by atoms with van der Waals surface area (Å²) in [5.41, 5.74) is 13.0. The molecular formula is C24H19F2N5O2. The first-order chi connectivity index (χ1) is 15.7. The van der Waals surface area contributed by atoms with E-state index in [2.05, 4.69) is 5.32 Å². The van der Waals surface area contributed by atoms with Crippen molar-refractivity contribution in [3.8, 4) is 0 Å². The second-order valence-electron chi connectivity index (χ2n) is 7.44. The van der Waals surface area contributed by atoms with Crippen LogP contribution in [0.25, 0.3) is 10.9 Å². The van der Waals surface area contributed by atoms with Crippen molar-refractivity contribution >= 4 is 34.2 Å². The standard InChI is InChI=1S/C24H19F2N5O2/c25-17-7-8-18(26)19(11-17)30-24(33)21-9-15-5-6-16(22(27)28)10-20(15)31(21)12-13-1-3-14(4-2-13)23(29)32/h1-11H,12H2,(H3,27,28)(H2,29,32)(H,30,33). The Balaban J connectivity index is 1.79. The number of aromatic nitrogens is 1. The number of anilines is 1. The summed E-state index contributed by atoms with van der Waals surface area (Å²) in [6, 6.07) is 16.0. The molecule has 9 heteroatoms. The maximum atomic E-state index is 14.1. The molecule has 1 aromatic heterocycles. The highest BCUT2D eigenvalue weighted by atomic mass is 19.1. The molecule has 0 radical (unpaired) electrons. The topological polar surface area (TPSA) is 127 Å². The Morgan fingerprint density at radius 2 is 1.61 bits per heavy atom. The van der Waals surface area contributed by atoms with Crippen LogP contribution in [0.1, 0.15) is 32.0 Å². The number of halogens is 2. The van der Waals surface area contributed by atoms with Crippen molar-refractivity contribution in [3.05, 3.63) is 101 Å². The van der Waals surface area contributed by atoms with Gasteiger partial charge in [-0.05, 0) is 42.0 Å². The maximum absolute atomic E-state index is 14.1. The molecule has 0 bridgehead atoms. The molecule has 0 aliphatic carbocycles. The number of amides is 2. The molecule has 0 atom stereocenters. The molecular weight excluding hydrogens is 428 g/mol. The highest BCUT2D eigenvalue weighted by Crippen LogP contribution is 2.25. The third kappa shape index (κ3) is 4.42. The van der Waals surface area contributed by atoms with Crippen LogP contribution in [0, 0.1) is 17.0 Å². The van der Waals surface area contributed by atoms with Crippen LogP contribution in [-0.2, 0) is 6.54 Å². The van der Waals surface area contributed by atoms with Crippen LogP contribution in [0.2, 0.25) is 0 Å². The normalized spacial score (nSPS) is 10.8. The van der Waals surface area contributed by atoms with Gasteiger partial charge in [0.25, 0.3) is 5.91 Å². The van der Waals surface area contributed by atoms with Gasteiger partial charge in [-0.1, -0.05) is 24.3 Å². The summed E-state index contributed by atoms with van der Waals surface area (Å²) in [5.74, 6) is -2.80. The zero-order valence-corrected chi connectivity index (χ0v) is 17.2. The summed E-state index contributed by atoms with van der Waals surface area (Å²) >= 11 is 0. The Morgan fingerprint density at radius 3 is 2.27 bits per heavy atom. The van der Waals surface area contributed by atoms with E-state index in [0.29, 0.717) is 22.0 Å². The molecule has 0 saturated heterocycles. The molecule has 6 N–H and O–H groups in total. The second-order valence-corrected chi connectivity index (χ2v) is 7.44. The van der Waals surface area contributed by atoms with E-state index >= 15 is 0 Å². The highest BCUT2D eigenvalue weighted by Gasteiger charge is 2.19. The minimum Gasteiger partial charge on any atom is -0.384 e. The average molecular weight is 447 g/mol. The van der Waals surface area contributed by atoms with Gasteiger partial charge in [0, 0.05) is 34.6 Å². The number of rotatable bonds is 6. The Morgan fingerprint density at radius 1 is 0.909 bits per heavy atom. The lowest BCUT2D eigenvalue weighted by Crippen LogP contribution is -2.18. The molecule has 0 spiro atoms. The number of nitrogens with two attached hydrogens (primary N) is 2. The molecule has 7 nitrogen and oxygen atoms in total. The molecule has 166 valence electrons. The predicted molar refractivity (Wildman–Crippen MR) is 121 cm³/mol. The number of benzene rings is 3. The number of hydrogen-bond donors (Lipinski definition) is 4. The van der Waals surface area contributed by atoms with Gasteiger partial charge in [-0.15, -0.1) is 0 Å². The number of amidine groups is 1. The quantitative estimate of drug-likeness (QED) is 0.266. The van der Waals surface area contributed by atoms with Crippen molar-refractivity contribution in [2.24, 2.45) is 11.5 Å². The molecule has 0 fully saturated rings. The van der Waals surface area contributed by atoms with E-state index in [0.717, 1.165) is 23.8 Å². The number of nitrogen functional groups attached to an aromatic ring is 1. The maximum Gasteiger partial charge on any atom is 0.272 e. The van der Waals surface area contributed by atoms with Gasteiger partial charge in [0.2, 0.25) is 5.91 Å². The summed E-state index contributed by atoms with van der Waals surface area (Å²) < 4.78 is 29.3. The van der Waals surface area contributed by atoms with Crippen LogP contribution < -0.4 is 16.8 Å². The van der Waals surface area contributed by atoms with Crippen molar-refractivity contribution < 1.29 is 18.4 Å². The fourth-order valence-electron chi connectivity index (χ4n) is 3.52. The van der Waals surface area contributed by atoms with E-state index in [9.17, 15) is 18.4 Å². The number of nitrogens with one attached hydrogen (secondary N) is 2. The Labute approximate surface area is 187 Å². The van der Waals surface area contributed by atoms with Gasteiger partial charge in [0.1, 0.15) is 23.2 Å². The number of hydrogen-bond acceptors (Lipinski definition) is 3. The van der Waals surface area contributed by atoms with Crippen molar-refractivity contribution in [3.63, 3.8) is 0 Å². The zero-order chi connectivity index (χ0) is 23.7. The van der Waals surface area contributed by atoms with E-state index < -0.39 is 23.4 Å². The van der Waals surface area contributed by atoms with Gasteiger partial charge in [-0.2, -0.15) is 0 Å². The average Bonchev–Trinajstić information content (AvgIpc) is 3.14. The zero-order valence-electron chi connectivity index (χ0n) is 17.2. The summed E-state index contributed by atoms with van der Waals surface area (Å²) in [6.07, 6.45) is 0. The molecule has 1 heterocycles. The lowest BCUT2D eigenvalue weighted by molar-refractivity contribution is 0.0996. The lowest BCUT2D eigenvalue weighted by atomic mass is 10.1. The number of carbonyl (C=O) groups excluding carboxylic acids is 2. The Hall–Kier alpha value is -4.53. The predicted octanol–water partition coefficient (Wildman–Crippen LogP) is 3.60. The van der Waals surface area contributed by atoms with Crippen molar-refractivity contribution in [1.82, 2.24) is 4.57 Å². The van der Waals surface area contributed by atoms with Gasteiger partial charge in [0.15, 0.2) is 0 Å². The van der Waals surface area contributed by atoms with Crippen LogP contribution in [0.4, 0.5) is 14.5 Å². The molecule has 3 aromatic carbocycles. The first-order valence-corrected chi connectivity index (χ1v) is 9.86. The van der Waals surface area contributed by atoms with E-state index in [1.807, 2.05) is 0 Å².